The van der Waals surface area contributed by atoms with Crippen molar-refractivity contribution in [2.45, 2.75) is 40.0 Å². The first-order valence-electron chi connectivity index (χ1n) is 10.5. The molecule has 4 aromatic rings. The molecule has 0 aliphatic rings. The number of para-hydroxylation sites is 1. The molecule has 8 heteroatoms. The monoisotopic (exact) mass is 437 g/mol. The van der Waals surface area contributed by atoms with Crippen LogP contribution in [0.1, 0.15) is 25.8 Å². The van der Waals surface area contributed by atoms with Gasteiger partial charge in [0, 0.05) is 13.1 Å². The minimum absolute atomic E-state index is 0.0279. The number of fused-ring (bicyclic) bond motifs is 3. The minimum Gasteiger partial charge on any atom is -0.494 e. The molecule has 0 aliphatic carbocycles. The smallest absolute Gasteiger partial charge is 0.262 e. The Morgan fingerprint density at radius 1 is 1.10 bits per heavy atom. The summed E-state index contributed by atoms with van der Waals surface area (Å²) in [5.74, 6) is 1.46. The van der Waals surface area contributed by atoms with E-state index >= 15 is 0 Å². The lowest BCUT2D eigenvalue weighted by Crippen LogP contribution is -2.23. The van der Waals surface area contributed by atoms with Gasteiger partial charge in [0.05, 0.1) is 24.2 Å². The molecule has 7 nitrogen and oxygen atoms in total. The van der Waals surface area contributed by atoms with Gasteiger partial charge >= 0.3 is 0 Å². The molecular formula is C23H27N5O2S. The molecule has 0 unspecified atom stereocenters. The zero-order valence-electron chi connectivity index (χ0n) is 18.1. The summed E-state index contributed by atoms with van der Waals surface area (Å²) in [4.78, 5) is 15.2. The Bertz CT molecular complexity index is 1320. The first-order chi connectivity index (χ1) is 15.0. The van der Waals surface area contributed by atoms with Crippen molar-refractivity contribution in [3.05, 3.63) is 69.2 Å². The van der Waals surface area contributed by atoms with Crippen molar-refractivity contribution in [3.8, 4) is 5.75 Å². The Kier molecular flexibility index (Phi) is 6.20. The van der Waals surface area contributed by atoms with Crippen LogP contribution in [-0.2, 0) is 19.8 Å². The average molecular weight is 438 g/mol. The van der Waals surface area contributed by atoms with Gasteiger partial charge in [0.25, 0.3) is 5.56 Å². The number of nitrogens with zero attached hydrogens (tertiary/aromatic N) is 5. The Balaban J connectivity index is 1.69. The summed E-state index contributed by atoms with van der Waals surface area (Å²) < 4.78 is 11.5. The first kappa shape index (κ1) is 21.3. The van der Waals surface area contributed by atoms with Crippen LogP contribution >= 0.6 is 12.2 Å². The van der Waals surface area contributed by atoms with Crippen LogP contribution in [0.2, 0.25) is 0 Å². The maximum atomic E-state index is 13.0. The van der Waals surface area contributed by atoms with Crippen LogP contribution in [0.15, 0.2) is 53.3 Å². The topological polar surface area (TPSA) is 56.7 Å². The average Bonchev–Trinajstić information content (AvgIpc) is 3.08. The lowest BCUT2D eigenvalue weighted by Gasteiger charge is -2.16. The summed E-state index contributed by atoms with van der Waals surface area (Å²) >= 11 is 5.78. The second-order valence-corrected chi connectivity index (χ2v) is 7.99. The van der Waals surface area contributed by atoms with E-state index < -0.39 is 0 Å². The lowest BCUT2D eigenvalue weighted by molar-refractivity contribution is 0.244. The largest absolute Gasteiger partial charge is 0.494 e. The highest BCUT2D eigenvalue weighted by Gasteiger charge is 2.16. The molecule has 0 radical (unpaired) electrons. The predicted molar refractivity (Wildman–Crippen MR) is 125 cm³/mol. The van der Waals surface area contributed by atoms with Crippen molar-refractivity contribution < 1.29 is 4.74 Å². The second-order valence-electron chi connectivity index (χ2n) is 7.62. The fraction of sp³-hybridized carbons (Fsp3) is 0.348. The first-order valence-corrected chi connectivity index (χ1v) is 11.0. The molecule has 0 atom stereocenters. The Morgan fingerprint density at radius 3 is 2.55 bits per heavy atom. The molecule has 0 N–H and O–H groups in total. The lowest BCUT2D eigenvalue weighted by atomic mass is 10.2. The Labute approximate surface area is 186 Å². The molecule has 4 rings (SSSR count). The van der Waals surface area contributed by atoms with Crippen LogP contribution in [0, 0.1) is 4.77 Å². The van der Waals surface area contributed by atoms with E-state index in [0.717, 1.165) is 24.2 Å². The van der Waals surface area contributed by atoms with Crippen LogP contribution in [0.3, 0.4) is 0 Å². The third-order valence-electron chi connectivity index (χ3n) is 5.19. The summed E-state index contributed by atoms with van der Waals surface area (Å²) in [6, 6.07) is 15.7. The highest BCUT2D eigenvalue weighted by molar-refractivity contribution is 7.71. The highest BCUT2D eigenvalue weighted by Crippen LogP contribution is 2.16. The van der Waals surface area contributed by atoms with E-state index in [4.69, 9.17) is 22.1 Å². The molecule has 0 saturated heterocycles. The SMILES string of the molecule is CCCn1c(=O)c2ccccc2n2c(=S)n(CN(C)Cc3ccc(OCC)cc3)nc12. The summed E-state index contributed by atoms with van der Waals surface area (Å²) in [5.41, 5.74) is 1.94. The number of aryl methyl sites for hydroxylation is 1. The van der Waals surface area contributed by atoms with Gasteiger partial charge in [-0.25, -0.2) is 4.68 Å². The standard InChI is InChI=1S/C23H27N5O2S/c1-4-14-26-21(29)19-8-6-7-9-20(19)28-22(26)24-27(23(28)31)16-25(3)15-17-10-12-18(13-11-17)30-5-2/h6-13H,4-5,14-16H2,1-3H3. The van der Waals surface area contributed by atoms with Crippen LogP contribution in [0.5, 0.6) is 5.75 Å². The van der Waals surface area contributed by atoms with E-state index in [0.29, 0.717) is 35.8 Å². The molecule has 31 heavy (non-hydrogen) atoms. The normalized spacial score (nSPS) is 11.6. The molecule has 0 spiro atoms. The molecule has 2 heterocycles. The van der Waals surface area contributed by atoms with Crippen molar-refractivity contribution in [1.29, 1.82) is 0 Å². The molecule has 0 saturated carbocycles. The number of rotatable bonds is 8. The Morgan fingerprint density at radius 2 is 1.84 bits per heavy atom. The molecular weight excluding hydrogens is 410 g/mol. The fourth-order valence-corrected chi connectivity index (χ4v) is 4.11. The molecule has 2 aromatic heterocycles. The van der Waals surface area contributed by atoms with Gasteiger partial charge in [0.1, 0.15) is 5.75 Å². The zero-order valence-corrected chi connectivity index (χ0v) is 18.9. The molecule has 162 valence electrons. The van der Waals surface area contributed by atoms with Crippen LogP contribution in [-0.4, -0.2) is 37.3 Å². The third-order valence-corrected chi connectivity index (χ3v) is 5.59. The van der Waals surface area contributed by atoms with Crippen LogP contribution in [0.25, 0.3) is 16.7 Å². The van der Waals surface area contributed by atoms with Gasteiger partial charge < -0.3 is 4.74 Å². The van der Waals surface area contributed by atoms with Gasteiger partial charge in [-0.3, -0.25) is 18.7 Å². The van der Waals surface area contributed by atoms with E-state index in [1.165, 1.54) is 5.56 Å². The summed E-state index contributed by atoms with van der Waals surface area (Å²) in [5, 5.41) is 5.39. The number of aromatic nitrogens is 4. The summed E-state index contributed by atoms with van der Waals surface area (Å²) in [6.07, 6.45) is 0.838. The van der Waals surface area contributed by atoms with Crippen molar-refractivity contribution in [2.24, 2.45) is 0 Å². The minimum atomic E-state index is -0.0279. The molecule has 0 aliphatic heterocycles. The third kappa shape index (κ3) is 4.13. The molecule has 0 amide bonds. The summed E-state index contributed by atoms with van der Waals surface area (Å²) in [6.45, 7) is 6.54. The Hall–Kier alpha value is -2.97. The van der Waals surface area contributed by atoms with Crippen molar-refractivity contribution >= 4 is 28.9 Å². The van der Waals surface area contributed by atoms with Gasteiger partial charge in [-0.1, -0.05) is 31.2 Å². The van der Waals surface area contributed by atoms with Crippen molar-refractivity contribution in [3.63, 3.8) is 0 Å². The van der Waals surface area contributed by atoms with Gasteiger partial charge in [-0.15, -0.1) is 5.10 Å². The van der Waals surface area contributed by atoms with Gasteiger partial charge in [-0.05, 0) is 62.4 Å². The van der Waals surface area contributed by atoms with Crippen LogP contribution < -0.4 is 10.3 Å². The van der Waals surface area contributed by atoms with Gasteiger partial charge in [0.2, 0.25) is 10.5 Å². The quantitative estimate of drug-likeness (QED) is 0.389. The number of benzene rings is 2. The van der Waals surface area contributed by atoms with Crippen molar-refractivity contribution in [1.82, 2.24) is 23.6 Å². The summed E-state index contributed by atoms with van der Waals surface area (Å²) in [7, 11) is 2.03. The highest BCUT2D eigenvalue weighted by atomic mass is 32.1. The molecule has 0 fully saturated rings. The maximum Gasteiger partial charge on any atom is 0.262 e. The van der Waals surface area contributed by atoms with Crippen molar-refractivity contribution in [2.75, 3.05) is 13.7 Å². The van der Waals surface area contributed by atoms with E-state index in [1.54, 1.807) is 9.25 Å². The zero-order chi connectivity index (χ0) is 22.0. The number of hydrogen-bond acceptors (Lipinski definition) is 5. The number of ether oxygens (including phenoxy) is 1. The van der Waals surface area contributed by atoms with Crippen LogP contribution in [0.4, 0.5) is 0 Å². The second kappa shape index (κ2) is 9.03. The van der Waals surface area contributed by atoms with E-state index in [2.05, 4.69) is 17.0 Å². The van der Waals surface area contributed by atoms with Gasteiger partial charge in [-0.2, -0.15) is 0 Å². The maximum absolute atomic E-state index is 13.0. The van der Waals surface area contributed by atoms with E-state index in [-0.39, 0.29) is 5.56 Å². The van der Waals surface area contributed by atoms with E-state index in [9.17, 15) is 4.79 Å². The predicted octanol–water partition coefficient (Wildman–Crippen LogP) is 4.08. The molecule has 2 aromatic carbocycles. The number of hydrogen-bond donors (Lipinski definition) is 0. The van der Waals surface area contributed by atoms with E-state index in [1.807, 2.05) is 61.7 Å². The van der Waals surface area contributed by atoms with Gasteiger partial charge in [0.15, 0.2) is 0 Å². The molecule has 0 bridgehead atoms. The fourth-order valence-electron chi connectivity index (χ4n) is 3.83.